The van der Waals surface area contributed by atoms with Crippen LogP contribution in [0.4, 0.5) is 0 Å². The molecule has 0 heterocycles. The molecule has 0 rings (SSSR count). The van der Waals surface area contributed by atoms with Crippen molar-refractivity contribution in [2.75, 3.05) is 0 Å². The molecule has 0 aromatic rings. The Hall–Kier alpha value is 1.74. The first-order chi connectivity index (χ1) is 0. The van der Waals surface area contributed by atoms with Crippen LogP contribution in [0.1, 0.15) is 1.43 Å². The molecule has 0 aliphatic carbocycles. The van der Waals surface area contributed by atoms with Crippen LogP contribution in [0.25, 0.3) is 0 Å². The summed E-state index contributed by atoms with van der Waals surface area (Å²) in [7, 11) is 0. The van der Waals surface area contributed by atoms with Gasteiger partial charge in [0.1, 0.15) is 0 Å². The van der Waals surface area contributed by atoms with Gasteiger partial charge in [-0.25, -0.2) is 0 Å². The summed E-state index contributed by atoms with van der Waals surface area (Å²) >= 11 is 0. The van der Waals surface area contributed by atoms with Crippen molar-refractivity contribution in [2.45, 2.75) is 0 Å². The molecule has 0 aliphatic heterocycles. The van der Waals surface area contributed by atoms with Crippen molar-refractivity contribution in [3.63, 3.8) is 0 Å². The Morgan fingerprint density at radius 2 is 0.667 bits per heavy atom. The van der Waals surface area contributed by atoms with Crippen LogP contribution in [0, 0.1) is 0 Å². The molecule has 0 fully saturated rings. The fourth-order valence-corrected chi connectivity index (χ4v) is 0. The van der Waals surface area contributed by atoms with Gasteiger partial charge >= 0.3 is 45.1 Å². The van der Waals surface area contributed by atoms with Crippen molar-refractivity contribution in [1.82, 2.24) is 0 Å². The van der Waals surface area contributed by atoms with Crippen molar-refractivity contribution in [3.8, 4) is 0 Å². The van der Waals surface area contributed by atoms with Crippen LogP contribution >= 0.6 is 0 Å². The average molecular weight is 159 g/mol. The third-order valence-corrected chi connectivity index (χ3v) is 0. The SMILES string of the molecule is [BH4-].[BH4-].[BH4-].[BH4-].[H-].[Li+].[Zr+4]. The third-order valence-electron chi connectivity index (χ3n) is 0. The van der Waals surface area contributed by atoms with Gasteiger partial charge in [0.25, 0.3) is 0 Å². The van der Waals surface area contributed by atoms with Crippen LogP contribution in [-0.2, 0) is 26.2 Å². The molecule has 0 aliphatic rings. The van der Waals surface area contributed by atoms with Crippen LogP contribution in [0.3, 0.4) is 0 Å². The molecule has 0 nitrogen and oxygen atoms in total. The van der Waals surface area contributed by atoms with Crippen molar-refractivity contribution in [1.29, 1.82) is 0 Å². The van der Waals surface area contributed by atoms with Crippen LogP contribution < -0.4 is 18.9 Å². The molecular weight excluding hydrogens is 141 g/mol. The summed E-state index contributed by atoms with van der Waals surface area (Å²) in [5.74, 6) is 0. The molecule has 0 saturated heterocycles. The normalized spacial score (nSPS) is 0. The molecule has 0 unspecified atom stereocenters. The van der Waals surface area contributed by atoms with Gasteiger partial charge in [-0.15, -0.1) is 0 Å². The quantitative estimate of drug-likeness (QED) is 0.307. The second-order valence-electron chi connectivity index (χ2n) is 0. The van der Waals surface area contributed by atoms with Gasteiger partial charge in [0.2, 0.25) is 0 Å². The summed E-state index contributed by atoms with van der Waals surface area (Å²) in [6, 6.07) is 0. The van der Waals surface area contributed by atoms with Crippen molar-refractivity contribution in [2.24, 2.45) is 0 Å². The minimum absolute atomic E-state index is 0. The Kier molecular flexibility index (Phi) is 1420. The van der Waals surface area contributed by atoms with E-state index in [9.17, 15) is 0 Å². The molecule has 0 radical (unpaired) electrons. The maximum absolute atomic E-state index is 0. The summed E-state index contributed by atoms with van der Waals surface area (Å²) in [6.07, 6.45) is 0. The van der Waals surface area contributed by atoms with Gasteiger partial charge in [0, 0.05) is 0 Å². The van der Waals surface area contributed by atoms with Crippen molar-refractivity contribution >= 4 is 33.7 Å². The predicted molar refractivity (Wildman–Crippen MR) is 46.4 cm³/mol. The summed E-state index contributed by atoms with van der Waals surface area (Å²) in [5.41, 5.74) is 0. The molecule has 0 saturated carbocycles. The van der Waals surface area contributed by atoms with E-state index in [1.165, 1.54) is 0 Å². The van der Waals surface area contributed by atoms with E-state index in [-0.39, 0.29) is 80.1 Å². The fourth-order valence-electron chi connectivity index (χ4n) is 0. The third kappa shape index (κ3) is 42.6. The number of hydrogen-bond acceptors (Lipinski definition) is 0. The molecular formula is H17B4LiZr. The molecule has 34 valence electrons. The molecule has 0 N–H and O–H groups in total. The average Bonchev–Trinajstić information content (AvgIpc) is 0. The predicted octanol–water partition coefficient (Wildman–Crippen LogP) is -8.69. The Bertz CT molecular complexity index is 11.7. The van der Waals surface area contributed by atoms with Gasteiger partial charge in [0.05, 0.1) is 0 Å². The first kappa shape index (κ1) is 116. The van der Waals surface area contributed by atoms with E-state index in [2.05, 4.69) is 0 Å². The summed E-state index contributed by atoms with van der Waals surface area (Å²) in [6.45, 7) is 0. The van der Waals surface area contributed by atoms with Crippen LogP contribution in [-0.4, -0.2) is 33.7 Å². The molecule has 0 bridgehead atoms. The van der Waals surface area contributed by atoms with Crippen molar-refractivity contribution < 1.29 is 46.5 Å². The zero-order valence-electron chi connectivity index (χ0n) is 2.50. The summed E-state index contributed by atoms with van der Waals surface area (Å²) < 4.78 is 0. The van der Waals surface area contributed by atoms with Gasteiger partial charge in [-0.05, 0) is 0 Å². The standard InChI is InChI=1S/4BH4.Li.Zr.H/h4*1H4;;;/q4*-1;+1;+4;-1. The van der Waals surface area contributed by atoms with Crippen molar-refractivity contribution in [3.05, 3.63) is 0 Å². The zero-order valence-corrected chi connectivity index (χ0v) is 3.96. The van der Waals surface area contributed by atoms with Crippen LogP contribution in [0.2, 0.25) is 0 Å². The zero-order chi connectivity index (χ0) is 0. The maximum Gasteiger partial charge on any atom is 4.00 e. The Balaban J connectivity index is 0. The Morgan fingerprint density at radius 3 is 0.667 bits per heavy atom. The smallest absolute Gasteiger partial charge is 1.00 e. The van der Waals surface area contributed by atoms with Gasteiger partial charge in [0.15, 0.2) is 0 Å². The molecule has 6 heavy (non-hydrogen) atoms. The van der Waals surface area contributed by atoms with Gasteiger partial charge in [-0.2, -0.15) is 0 Å². The first-order valence-corrected chi connectivity index (χ1v) is 0. The monoisotopic (exact) mass is 158 g/mol. The molecule has 0 spiro atoms. The van der Waals surface area contributed by atoms with Gasteiger partial charge < -0.3 is 1.43 Å². The Morgan fingerprint density at radius 1 is 0.667 bits per heavy atom. The van der Waals surface area contributed by atoms with E-state index in [1.807, 2.05) is 0 Å². The largest absolute Gasteiger partial charge is 4.00 e. The fraction of sp³-hybridized carbons (Fsp3) is 0. The number of hydrogen-bond donors (Lipinski definition) is 0. The van der Waals surface area contributed by atoms with E-state index in [0.717, 1.165) is 0 Å². The van der Waals surface area contributed by atoms with Crippen LogP contribution in [0.15, 0.2) is 0 Å². The molecule has 6 heteroatoms. The summed E-state index contributed by atoms with van der Waals surface area (Å²) in [4.78, 5) is 0. The van der Waals surface area contributed by atoms with Gasteiger partial charge in [-0.3, -0.25) is 0 Å². The second kappa shape index (κ2) is 73.3. The van der Waals surface area contributed by atoms with E-state index in [1.54, 1.807) is 0 Å². The topological polar surface area (TPSA) is 0 Å². The molecule has 0 amide bonds. The van der Waals surface area contributed by atoms with E-state index in [0.29, 0.717) is 0 Å². The van der Waals surface area contributed by atoms with Crippen LogP contribution in [0.5, 0.6) is 0 Å². The molecule has 0 atom stereocenters. The maximum atomic E-state index is 0. The Labute approximate surface area is 79.7 Å². The van der Waals surface area contributed by atoms with E-state index in [4.69, 9.17) is 0 Å². The van der Waals surface area contributed by atoms with Gasteiger partial charge in [-0.1, -0.05) is 33.7 Å². The second-order valence-corrected chi connectivity index (χ2v) is 0. The minimum atomic E-state index is 0. The minimum Gasteiger partial charge on any atom is -1.00 e. The van der Waals surface area contributed by atoms with E-state index >= 15 is 0 Å². The number of rotatable bonds is 0. The summed E-state index contributed by atoms with van der Waals surface area (Å²) in [5, 5.41) is 0. The molecule has 0 aromatic carbocycles. The molecule has 0 aromatic heterocycles. The first-order valence-electron chi connectivity index (χ1n) is 0. The van der Waals surface area contributed by atoms with E-state index < -0.39 is 0 Å².